The SMILES string of the molecule is CC[C@@H](c1nnnn1C1CCCC1)N1CCN(CC)CC1. The summed E-state index contributed by atoms with van der Waals surface area (Å²) in [4.78, 5) is 5.09. The van der Waals surface area contributed by atoms with Crippen molar-refractivity contribution in [2.45, 2.75) is 58.0 Å². The van der Waals surface area contributed by atoms with Crippen molar-refractivity contribution >= 4 is 0 Å². The quantitative estimate of drug-likeness (QED) is 0.829. The van der Waals surface area contributed by atoms with Gasteiger partial charge < -0.3 is 4.90 Å². The Morgan fingerprint density at radius 1 is 1.10 bits per heavy atom. The molecule has 0 bridgehead atoms. The maximum Gasteiger partial charge on any atom is 0.168 e. The van der Waals surface area contributed by atoms with E-state index in [0.29, 0.717) is 12.1 Å². The molecule has 0 unspecified atom stereocenters. The smallest absolute Gasteiger partial charge is 0.168 e. The van der Waals surface area contributed by atoms with E-state index in [1.165, 1.54) is 25.7 Å². The molecule has 0 N–H and O–H groups in total. The molecule has 0 spiro atoms. The highest BCUT2D eigenvalue weighted by atomic mass is 15.6. The van der Waals surface area contributed by atoms with Crippen LogP contribution in [0.2, 0.25) is 0 Å². The van der Waals surface area contributed by atoms with Crippen molar-refractivity contribution in [1.82, 2.24) is 30.0 Å². The first-order valence-electron chi connectivity index (χ1n) is 8.57. The molecule has 6 nitrogen and oxygen atoms in total. The Balaban J connectivity index is 1.73. The van der Waals surface area contributed by atoms with Crippen LogP contribution < -0.4 is 0 Å². The average molecular weight is 292 g/mol. The largest absolute Gasteiger partial charge is 0.301 e. The van der Waals surface area contributed by atoms with E-state index < -0.39 is 0 Å². The maximum atomic E-state index is 4.39. The first-order valence-corrected chi connectivity index (χ1v) is 8.57. The molecule has 1 aliphatic carbocycles. The molecule has 1 aromatic heterocycles. The molecule has 1 saturated carbocycles. The van der Waals surface area contributed by atoms with Crippen molar-refractivity contribution in [3.8, 4) is 0 Å². The van der Waals surface area contributed by atoms with Gasteiger partial charge >= 0.3 is 0 Å². The van der Waals surface area contributed by atoms with Gasteiger partial charge in [0.1, 0.15) is 0 Å². The molecule has 6 heteroatoms. The standard InChI is InChI=1S/C15H28N6/c1-3-14(20-11-9-19(4-2)10-12-20)15-16-17-18-21(15)13-7-5-6-8-13/h13-14H,3-12H2,1-2H3/t14-/m0/s1. The predicted octanol–water partition coefficient (Wildman–Crippen LogP) is 1.88. The molecule has 1 aliphatic heterocycles. The summed E-state index contributed by atoms with van der Waals surface area (Å²) in [6.07, 6.45) is 6.18. The fourth-order valence-electron chi connectivity index (χ4n) is 3.82. The summed E-state index contributed by atoms with van der Waals surface area (Å²) in [6.45, 7) is 10.2. The Morgan fingerprint density at radius 3 is 2.43 bits per heavy atom. The van der Waals surface area contributed by atoms with E-state index >= 15 is 0 Å². The summed E-state index contributed by atoms with van der Waals surface area (Å²) >= 11 is 0. The van der Waals surface area contributed by atoms with Gasteiger partial charge in [-0.2, -0.15) is 0 Å². The molecule has 3 rings (SSSR count). The van der Waals surface area contributed by atoms with Crippen molar-refractivity contribution < 1.29 is 0 Å². The topological polar surface area (TPSA) is 50.1 Å². The van der Waals surface area contributed by atoms with Gasteiger partial charge in [0.15, 0.2) is 5.82 Å². The minimum absolute atomic E-state index is 0.375. The third-order valence-corrected chi connectivity index (χ3v) is 5.17. The van der Waals surface area contributed by atoms with Crippen LogP contribution in [0.1, 0.15) is 63.9 Å². The van der Waals surface area contributed by atoms with E-state index in [1.54, 1.807) is 0 Å². The van der Waals surface area contributed by atoms with E-state index in [1.807, 2.05) is 0 Å². The number of piperazine rings is 1. The first-order chi connectivity index (χ1) is 10.3. The molecule has 1 atom stereocenters. The average Bonchev–Trinajstić information content (AvgIpc) is 3.19. The summed E-state index contributed by atoms with van der Waals surface area (Å²) in [5.74, 6) is 1.09. The van der Waals surface area contributed by atoms with Crippen LogP contribution in [0.3, 0.4) is 0 Å². The van der Waals surface area contributed by atoms with Gasteiger partial charge in [0.25, 0.3) is 0 Å². The number of aromatic nitrogens is 4. The van der Waals surface area contributed by atoms with Crippen LogP contribution in [-0.2, 0) is 0 Å². The lowest BCUT2D eigenvalue weighted by Gasteiger charge is -2.38. The van der Waals surface area contributed by atoms with E-state index in [9.17, 15) is 0 Å². The van der Waals surface area contributed by atoms with E-state index in [4.69, 9.17) is 0 Å². The van der Waals surface area contributed by atoms with Gasteiger partial charge in [-0.25, -0.2) is 4.68 Å². The van der Waals surface area contributed by atoms with Gasteiger partial charge in [-0.1, -0.05) is 26.7 Å². The van der Waals surface area contributed by atoms with Crippen molar-refractivity contribution in [3.05, 3.63) is 5.82 Å². The summed E-state index contributed by atoms with van der Waals surface area (Å²) in [6, 6.07) is 0.903. The second kappa shape index (κ2) is 6.83. The van der Waals surface area contributed by atoms with Crippen molar-refractivity contribution in [3.63, 3.8) is 0 Å². The number of tetrazole rings is 1. The molecule has 21 heavy (non-hydrogen) atoms. The molecule has 2 aliphatic rings. The minimum atomic E-state index is 0.375. The molecule has 0 amide bonds. The van der Waals surface area contributed by atoms with E-state index in [0.717, 1.165) is 45.0 Å². The van der Waals surface area contributed by atoms with Gasteiger partial charge in [-0.05, 0) is 36.2 Å². The zero-order chi connectivity index (χ0) is 14.7. The van der Waals surface area contributed by atoms with Gasteiger partial charge in [0, 0.05) is 26.2 Å². The Bertz CT molecular complexity index is 431. The molecule has 2 heterocycles. The van der Waals surface area contributed by atoms with Crippen LogP contribution in [0.4, 0.5) is 0 Å². The number of rotatable bonds is 5. The molecular formula is C15H28N6. The fourth-order valence-corrected chi connectivity index (χ4v) is 3.82. The number of nitrogens with zero attached hydrogens (tertiary/aromatic N) is 6. The molecule has 118 valence electrons. The van der Waals surface area contributed by atoms with Crippen molar-refractivity contribution in [1.29, 1.82) is 0 Å². The highest BCUT2D eigenvalue weighted by Crippen LogP contribution is 2.32. The van der Waals surface area contributed by atoms with Gasteiger partial charge in [0.05, 0.1) is 12.1 Å². The summed E-state index contributed by atoms with van der Waals surface area (Å²) in [5, 5.41) is 12.7. The van der Waals surface area contributed by atoms with Crippen LogP contribution in [0.25, 0.3) is 0 Å². The predicted molar refractivity (Wildman–Crippen MR) is 82.0 cm³/mol. The first kappa shape index (κ1) is 14.9. The number of likely N-dealkylation sites (N-methyl/N-ethyl adjacent to an activating group) is 1. The Morgan fingerprint density at radius 2 is 1.81 bits per heavy atom. The summed E-state index contributed by atoms with van der Waals surface area (Å²) < 4.78 is 2.13. The zero-order valence-electron chi connectivity index (χ0n) is 13.4. The van der Waals surface area contributed by atoms with Gasteiger partial charge in [-0.15, -0.1) is 5.10 Å². The molecule has 0 radical (unpaired) electrons. The Kier molecular flexibility index (Phi) is 4.85. The normalized spacial score (nSPS) is 23.7. The zero-order valence-corrected chi connectivity index (χ0v) is 13.4. The summed E-state index contributed by atoms with van der Waals surface area (Å²) in [5.41, 5.74) is 0. The van der Waals surface area contributed by atoms with Crippen molar-refractivity contribution in [2.75, 3.05) is 32.7 Å². The van der Waals surface area contributed by atoms with Crippen LogP contribution in [-0.4, -0.2) is 62.7 Å². The molecular weight excluding hydrogens is 264 g/mol. The second-order valence-corrected chi connectivity index (χ2v) is 6.31. The van der Waals surface area contributed by atoms with Crippen LogP contribution in [0.5, 0.6) is 0 Å². The van der Waals surface area contributed by atoms with Gasteiger partial charge in [-0.3, -0.25) is 4.90 Å². The van der Waals surface area contributed by atoms with Crippen LogP contribution >= 0.6 is 0 Å². The highest BCUT2D eigenvalue weighted by Gasteiger charge is 2.30. The monoisotopic (exact) mass is 292 g/mol. The number of hydrogen-bond acceptors (Lipinski definition) is 5. The minimum Gasteiger partial charge on any atom is -0.301 e. The van der Waals surface area contributed by atoms with Crippen molar-refractivity contribution in [2.24, 2.45) is 0 Å². The Hall–Kier alpha value is -1.01. The molecule has 0 aromatic carbocycles. The highest BCUT2D eigenvalue weighted by molar-refractivity contribution is 4.97. The van der Waals surface area contributed by atoms with Crippen LogP contribution in [0, 0.1) is 0 Å². The lowest BCUT2D eigenvalue weighted by molar-refractivity contribution is 0.0903. The Labute approximate surface area is 127 Å². The molecule has 1 saturated heterocycles. The lowest BCUT2D eigenvalue weighted by Crippen LogP contribution is -2.47. The molecule has 1 aromatic rings. The van der Waals surface area contributed by atoms with Crippen LogP contribution in [0.15, 0.2) is 0 Å². The maximum absolute atomic E-state index is 4.39. The molecule has 2 fully saturated rings. The third-order valence-electron chi connectivity index (χ3n) is 5.17. The lowest BCUT2D eigenvalue weighted by atomic mass is 10.1. The number of hydrogen-bond donors (Lipinski definition) is 0. The second-order valence-electron chi connectivity index (χ2n) is 6.31. The third kappa shape index (κ3) is 3.11. The van der Waals surface area contributed by atoms with E-state index in [-0.39, 0.29) is 0 Å². The van der Waals surface area contributed by atoms with Gasteiger partial charge in [0.2, 0.25) is 0 Å². The fraction of sp³-hybridized carbons (Fsp3) is 0.933. The van der Waals surface area contributed by atoms with E-state index in [2.05, 4.69) is 43.9 Å². The summed E-state index contributed by atoms with van der Waals surface area (Å²) in [7, 11) is 0.